The Morgan fingerprint density at radius 3 is 2.32 bits per heavy atom. The van der Waals surface area contributed by atoms with E-state index in [1.807, 2.05) is 30.3 Å². The summed E-state index contributed by atoms with van der Waals surface area (Å²) in [7, 11) is -3.31. The van der Waals surface area contributed by atoms with Gasteiger partial charge in [0, 0.05) is 11.7 Å². The van der Waals surface area contributed by atoms with Crippen LogP contribution in [-0.4, -0.2) is 25.0 Å². The summed E-state index contributed by atoms with van der Waals surface area (Å²) in [5.74, 6) is -0.393. The molecule has 0 spiro atoms. The van der Waals surface area contributed by atoms with Gasteiger partial charge in [-0.05, 0) is 17.5 Å². The van der Waals surface area contributed by atoms with Crippen LogP contribution in [0.4, 0.5) is 0 Å². The number of aryl methyl sites for hydroxylation is 1. The summed E-state index contributed by atoms with van der Waals surface area (Å²) in [5.41, 5.74) is 6.70. The first-order valence-corrected chi connectivity index (χ1v) is 8.12. The Morgan fingerprint density at radius 1 is 1.32 bits per heavy atom. The molecular formula is C14H18N2O2S. The standard InChI is InChI=1S/C14H18N2O2S/c1-3-10-5-7-11(8-6-10)12-13(14(12,16)9-15)19(17,18)4-2/h5-8,12-13H,3-4,16H2,1-2H3/t12-,13+,14+/m1/s1. The average molecular weight is 278 g/mol. The predicted molar refractivity (Wildman–Crippen MR) is 74.3 cm³/mol. The minimum Gasteiger partial charge on any atom is -0.312 e. The fourth-order valence-corrected chi connectivity index (χ4v) is 4.47. The lowest BCUT2D eigenvalue weighted by Gasteiger charge is -2.02. The molecule has 2 rings (SSSR count). The molecule has 1 aliphatic rings. The van der Waals surface area contributed by atoms with Crippen molar-refractivity contribution in [2.75, 3.05) is 5.75 Å². The van der Waals surface area contributed by atoms with Gasteiger partial charge in [0.05, 0.1) is 6.07 Å². The summed E-state index contributed by atoms with van der Waals surface area (Å²) in [6.45, 7) is 3.64. The molecule has 0 aliphatic heterocycles. The molecule has 0 aromatic heterocycles. The van der Waals surface area contributed by atoms with Crippen LogP contribution in [0.3, 0.4) is 0 Å². The fourth-order valence-electron chi connectivity index (χ4n) is 2.60. The summed E-state index contributed by atoms with van der Waals surface area (Å²) in [4.78, 5) is 0. The average Bonchev–Trinajstić information content (AvgIpc) is 3.07. The zero-order valence-corrected chi connectivity index (χ0v) is 11.9. The molecule has 5 heteroatoms. The molecule has 3 atom stereocenters. The van der Waals surface area contributed by atoms with Crippen LogP contribution in [0.25, 0.3) is 0 Å². The molecule has 1 aromatic carbocycles. The molecule has 1 saturated carbocycles. The van der Waals surface area contributed by atoms with Crippen molar-refractivity contribution in [3.63, 3.8) is 0 Å². The largest absolute Gasteiger partial charge is 0.312 e. The topological polar surface area (TPSA) is 83.9 Å². The molecule has 1 aromatic rings. The lowest BCUT2D eigenvalue weighted by atomic mass is 10.0. The van der Waals surface area contributed by atoms with Gasteiger partial charge in [-0.15, -0.1) is 0 Å². The van der Waals surface area contributed by atoms with E-state index in [-0.39, 0.29) is 5.75 Å². The molecular weight excluding hydrogens is 260 g/mol. The second kappa shape index (κ2) is 4.62. The van der Waals surface area contributed by atoms with E-state index < -0.39 is 26.5 Å². The van der Waals surface area contributed by atoms with E-state index in [1.165, 1.54) is 5.56 Å². The Hall–Kier alpha value is -1.38. The Morgan fingerprint density at radius 2 is 1.89 bits per heavy atom. The molecule has 102 valence electrons. The van der Waals surface area contributed by atoms with Gasteiger partial charge in [-0.25, -0.2) is 8.42 Å². The number of benzene rings is 1. The first kappa shape index (κ1) is 14.0. The van der Waals surface area contributed by atoms with Gasteiger partial charge in [0.1, 0.15) is 10.8 Å². The summed E-state index contributed by atoms with van der Waals surface area (Å²) in [6.07, 6.45) is 0.924. The van der Waals surface area contributed by atoms with Crippen molar-refractivity contribution >= 4 is 9.84 Å². The van der Waals surface area contributed by atoms with Crippen molar-refractivity contribution in [2.24, 2.45) is 5.73 Å². The molecule has 0 amide bonds. The molecule has 0 radical (unpaired) electrons. The van der Waals surface area contributed by atoms with Gasteiger partial charge < -0.3 is 5.73 Å². The van der Waals surface area contributed by atoms with E-state index in [9.17, 15) is 13.7 Å². The monoisotopic (exact) mass is 278 g/mol. The van der Waals surface area contributed by atoms with Crippen molar-refractivity contribution in [1.29, 1.82) is 5.26 Å². The summed E-state index contributed by atoms with van der Waals surface area (Å²) in [6, 6.07) is 9.67. The van der Waals surface area contributed by atoms with Crippen LogP contribution in [-0.2, 0) is 16.3 Å². The van der Waals surface area contributed by atoms with Gasteiger partial charge in [-0.3, -0.25) is 0 Å². The lowest BCUT2D eigenvalue weighted by molar-refractivity contribution is 0.593. The van der Waals surface area contributed by atoms with Crippen LogP contribution in [0, 0.1) is 11.3 Å². The van der Waals surface area contributed by atoms with Crippen LogP contribution < -0.4 is 5.73 Å². The van der Waals surface area contributed by atoms with Gasteiger partial charge in [0.2, 0.25) is 0 Å². The number of nitrogens with zero attached hydrogens (tertiary/aromatic N) is 1. The van der Waals surface area contributed by atoms with Crippen molar-refractivity contribution < 1.29 is 8.42 Å². The SMILES string of the molecule is CCc1ccc([C@@H]2[C@H](S(=O)(=O)CC)[C@]2(N)C#N)cc1. The van der Waals surface area contributed by atoms with Gasteiger partial charge in [0.15, 0.2) is 9.84 Å². The Balaban J connectivity index is 2.37. The molecule has 0 unspecified atom stereocenters. The third-order valence-electron chi connectivity index (χ3n) is 3.91. The van der Waals surface area contributed by atoms with Crippen molar-refractivity contribution in [2.45, 2.75) is 37.0 Å². The molecule has 2 N–H and O–H groups in total. The third-order valence-corrected chi connectivity index (χ3v) is 6.15. The second-order valence-electron chi connectivity index (χ2n) is 4.99. The first-order chi connectivity index (χ1) is 8.90. The van der Waals surface area contributed by atoms with Crippen LogP contribution in [0.5, 0.6) is 0 Å². The molecule has 19 heavy (non-hydrogen) atoms. The van der Waals surface area contributed by atoms with Crippen LogP contribution in [0.2, 0.25) is 0 Å². The second-order valence-corrected chi connectivity index (χ2v) is 7.40. The van der Waals surface area contributed by atoms with E-state index in [1.54, 1.807) is 6.92 Å². The van der Waals surface area contributed by atoms with Crippen molar-refractivity contribution in [3.05, 3.63) is 35.4 Å². The van der Waals surface area contributed by atoms with Gasteiger partial charge in [0.25, 0.3) is 0 Å². The maximum absolute atomic E-state index is 12.0. The third kappa shape index (κ3) is 2.15. The van der Waals surface area contributed by atoms with Gasteiger partial charge in [-0.1, -0.05) is 38.1 Å². The fraction of sp³-hybridized carbons (Fsp3) is 0.500. The van der Waals surface area contributed by atoms with E-state index in [0.29, 0.717) is 0 Å². The van der Waals surface area contributed by atoms with Crippen LogP contribution in [0.1, 0.15) is 30.9 Å². The van der Waals surface area contributed by atoms with E-state index in [0.717, 1.165) is 12.0 Å². The molecule has 1 fully saturated rings. The molecule has 0 saturated heterocycles. The predicted octanol–water partition coefficient (Wildman–Crippen LogP) is 1.37. The maximum atomic E-state index is 12.0. The molecule has 4 nitrogen and oxygen atoms in total. The van der Waals surface area contributed by atoms with E-state index >= 15 is 0 Å². The van der Waals surface area contributed by atoms with Crippen LogP contribution in [0.15, 0.2) is 24.3 Å². The minimum absolute atomic E-state index is 0.0157. The molecule has 0 bridgehead atoms. The Kier molecular flexibility index (Phi) is 3.41. The summed E-state index contributed by atoms with van der Waals surface area (Å²) in [5, 5.41) is 8.41. The highest BCUT2D eigenvalue weighted by Gasteiger charge is 2.69. The maximum Gasteiger partial charge on any atom is 0.156 e. The van der Waals surface area contributed by atoms with Crippen LogP contribution >= 0.6 is 0 Å². The highest BCUT2D eigenvalue weighted by molar-refractivity contribution is 7.92. The zero-order chi connectivity index (χ0) is 14.3. The van der Waals surface area contributed by atoms with Gasteiger partial charge >= 0.3 is 0 Å². The smallest absolute Gasteiger partial charge is 0.156 e. The Bertz CT molecular complexity index is 616. The number of hydrogen-bond donors (Lipinski definition) is 1. The highest BCUT2D eigenvalue weighted by Crippen LogP contribution is 2.53. The molecule has 0 heterocycles. The number of sulfone groups is 1. The Labute approximate surface area is 114 Å². The number of hydrogen-bond acceptors (Lipinski definition) is 4. The number of nitriles is 1. The molecule has 1 aliphatic carbocycles. The van der Waals surface area contributed by atoms with E-state index in [4.69, 9.17) is 5.73 Å². The quantitative estimate of drug-likeness (QED) is 0.901. The van der Waals surface area contributed by atoms with Crippen molar-refractivity contribution in [1.82, 2.24) is 0 Å². The zero-order valence-electron chi connectivity index (χ0n) is 11.1. The highest BCUT2D eigenvalue weighted by atomic mass is 32.2. The van der Waals surface area contributed by atoms with E-state index in [2.05, 4.69) is 6.92 Å². The number of rotatable bonds is 4. The summed E-state index contributed by atoms with van der Waals surface area (Å²) >= 11 is 0. The minimum atomic E-state index is -3.31. The summed E-state index contributed by atoms with van der Waals surface area (Å²) < 4.78 is 24.0. The van der Waals surface area contributed by atoms with Gasteiger partial charge in [-0.2, -0.15) is 5.26 Å². The number of nitrogens with two attached hydrogens (primary N) is 1. The normalized spacial score (nSPS) is 29.8. The lowest BCUT2D eigenvalue weighted by Crippen LogP contribution is -2.29. The van der Waals surface area contributed by atoms with Crippen molar-refractivity contribution in [3.8, 4) is 6.07 Å². The first-order valence-electron chi connectivity index (χ1n) is 6.41.